The Labute approximate surface area is 75.7 Å². The van der Waals surface area contributed by atoms with E-state index in [-0.39, 0.29) is 0 Å². The summed E-state index contributed by atoms with van der Waals surface area (Å²) >= 11 is 0. The number of imidazole rings is 1. The smallest absolute Gasteiger partial charge is 0.0924 e. The Hall–Kier alpha value is -1.05. The summed E-state index contributed by atoms with van der Waals surface area (Å²) in [5.74, 6) is 0. The predicted molar refractivity (Wildman–Crippen MR) is 56.0 cm³/mol. The quantitative estimate of drug-likeness (QED) is 0.683. The van der Waals surface area contributed by atoms with Crippen molar-refractivity contribution in [2.24, 2.45) is 0 Å². The molecule has 0 saturated carbocycles. The number of aromatic amines is 1. The molecule has 0 aliphatic heterocycles. The largest absolute Gasteiger partial charge is 0.345 e. The van der Waals surface area contributed by atoms with Gasteiger partial charge in [0, 0.05) is 0 Å². The number of H-pyrrole nitrogens is 1. The average Bonchev–Trinajstić information content (AvgIpc) is 2.65. The van der Waals surface area contributed by atoms with Crippen LogP contribution in [0, 0.1) is 0 Å². The molecular formula is C10H20N2. The van der Waals surface area contributed by atoms with Gasteiger partial charge in [-0.15, -0.1) is 0 Å². The van der Waals surface area contributed by atoms with E-state index in [4.69, 9.17) is 0 Å². The molecule has 0 aromatic carbocycles. The van der Waals surface area contributed by atoms with Crippen LogP contribution in [0.4, 0.5) is 0 Å². The molecule has 0 bridgehead atoms. The van der Waals surface area contributed by atoms with Gasteiger partial charge in [0.05, 0.1) is 18.2 Å². The molecule has 1 aromatic rings. The van der Waals surface area contributed by atoms with Gasteiger partial charge in [-0.1, -0.05) is 33.8 Å². The number of rotatable bonds is 1. The Balaban J connectivity index is 0. The van der Waals surface area contributed by atoms with Crippen LogP contribution in [0.1, 0.15) is 40.3 Å². The number of nitrogens with zero attached hydrogens (tertiary/aromatic N) is 1. The Morgan fingerprint density at radius 3 is 2.17 bits per heavy atom. The normalized spacial score (nSPS) is 8.08. The summed E-state index contributed by atoms with van der Waals surface area (Å²) in [7, 11) is 0. The van der Waals surface area contributed by atoms with Crippen molar-refractivity contribution in [2.45, 2.75) is 34.6 Å². The predicted octanol–water partition coefficient (Wildman–Crippen LogP) is 3.50. The molecule has 0 amide bonds. The standard InChI is InChI=1S/C6H8N2.2C2H6/c1-2-3-6-4-7-5-8-6;2*1-2/h2-5H,1H3,(H,7,8);2*1-2H3/b3-2+;;. The van der Waals surface area contributed by atoms with Crippen LogP contribution in [-0.2, 0) is 0 Å². The lowest BCUT2D eigenvalue weighted by atomic mass is 10.4. The number of hydrogen-bond donors (Lipinski definition) is 1. The van der Waals surface area contributed by atoms with Gasteiger partial charge in [0.25, 0.3) is 0 Å². The van der Waals surface area contributed by atoms with Gasteiger partial charge in [-0.3, -0.25) is 0 Å². The number of hydrogen-bond acceptors (Lipinski definition) is 1. The van der Waals surface area contributed by atoms with E-state index in [1.807, 2.05) is 46.8 Å². The van der Waals surface area contributed by atoms with E-state index in [0.717, 1.165) is 5.69 Å². The monoisotopic (exact) mass is 168 g/mol. The van der Waals surface area contributed by atoms with E-state index in [2.05, 4.69) is 9.97 Å². The van der Waals surface area contributed by atoms with Crippen molar-refractivity contribution in [3.05, 3.63) is 24.3 Å². The Morgan fingerprint density at radius 1 is 1.25 bits per heavy atom. The number of nitrogens with one attached hydrogen (secondary N) is 1. The topological polar surface area (TPSA) is 28.7 Å². The maximum atomic E-state index is 3.83. The molecule has 0 fully saturated rings. The van der Waals surface area contributed by atoms with Crippen molar-refractivity contribution < 1.29 is 0 Å². The van der Waals surface area contributed by atoms with Gasteiger partial charge in [0.15, 0.2) is 0 Å². The van der Waals surface area contributed by atoms with Crippen LogP contribution in [0.3, 0.4) is 0 Å². The van der Waals surface area contributed by atoms with E-state index in [1.54, 1.807) is 12.5 Å². The highest BCUT2D eigenvalue weighted by Gasteiger charge is 1.79. The van der Waals surface area contributed by atoms with Crippen LogP contribution >= 0.6 is 0 Å². The van der Waals surface area contributed by atoms with Gasteiger partial charge in [-0.05, 0) is 13.0 Å². The van der Waals surface area contributed by atoms with Gasteiger partial charge < -0.3 is 4.98 Å². The van der Waals surface area contributed by atoms with Crippen molar-refractivity contribution in [3.63, 3.8) is 0 Å². The van der Waals surface area contributed by atoms with Crippen LogP contribution in [-0.4, -0.2) is 9.97 Å². The highest BCUT2D eigenvalue weighted by molar-refractivity contribution is 5.41. The lowest BCUT2D eigenvalue weighted by Gasteiger charge is -1.75. The molecule has 1 aromatic heterocycles. The van der Waals surface area contributed by atoms with E-state index >= 15 is 0 Å². The molecule has 2 nitrogen and oxygen atoms in total. The second-order valence-corrected chi connectivity index (χ2v) is 1.51. The van der Waals surface area contributed by atoms with Crippen LogP contribution in [0.25, 0.3) is 6.08 Å². The van der Waals surface area contributed by atoms with Gasteiger partial charge in [0.2, 0.25) is 0 Å². The Bertz CT molecular complexity index is 164. The van der Waals surface area contributed by atoms with Crippen LogP contribution in [0.2, 0.25) is 0 Å². The first-order valence-corrected chi connectivity index (χ1v) is 4.54. The van der Waals surface area contributed by atoms with Crippen LogP contribution in [0.15, 0.2) is 18.6 Å². The molecule has 12 heavy (non-hydrogen) atoms. The summed E-state index contributed by atoms with van der Waals surface area (Å²) < 4.78 is 0. The van der Waals surface area contributed by atoms with Gasteiger partial charge in [0.1, 0.15) is 0 Å². The zero-order chi connectivity index (χ0) is 9.82. The summed E-state index contributed by atoms with van der Waals surface area (Å²) in [6.45, 7) is 9.97. The highest BCUT2D eigenvalue weighted by atomic mass is 14.8. The van der Waals surface area contributed by atoms with Crippen LogP contribution in [0.5, 0.6) is 0 Å². The lowest BCUT2D eigenvalue weighted by Crippen LogP contribution is -1.63. The molecule has 2 heteroatoms. The first-order valence-electron chi connectivity index (χ1n) is 4.54. The Kier molecular flexibility index (Phi) is 14.2. The summed E-state index contributed by atoms with van der Waals surface area (Å²) in [5.41, 5.74) is 1.05. The molecule has 70 valence electrons. The highest BCUT2D eigenvalue weighted by Crippen LogP contribution is 1.91. The third-order valence-electron chi connectivity index (χ3n) is 0.866. The molecule has 0 aliphatic carbocycles. The molecule has 0 radical (unpaired) electrons. The van der Waals surface area contributed by atoms with Crippen molar-refractivity contribution in [3.8, 4) is 0 Å². The van der Waals surface area contributed by atoms with Crippen LogP contribution < -0.4 is 0 Å². The molecule has 0 saturated heterocycles. The SMILES string of the molecule is C/C=C/c1cnc[nH]1.CC.CC. The lowest BCUT2D eigenvalue weighted by molar-refractivity contribution is 1.31. The number of allylic oxidation sites excluding steroid dienone is 1. The minimum absolute atomic E-state index is 1.05. The van der Waals surface area contributed by atoms with Crippen molar-refractivity contribution in [1.82, 2.24) is 9.97 Å². The summed E-state index contributed by atoms with van der Waals surface area (Å²) in [4.78, 5) is 6.77. The van der Waals surface area contributed by atoms with Crippen molar-refractivity contribution in [2.75, 3.05) is 0 Å². The average molecular weight is 168 g/mol. The molecule has 1 heterocycles. The van der Waals surface area contributed by atoms with E-state index in [0.29, 0.717) is 0 Å². The first kappa shape index (κ1) is 13.5. The van der Waals surface area contributed by atoms with E-state index in [1.165, 1.54) is 0 Å². The minimum Gasteiger partial charge on any atom is -0.345 e. The molecule has 0 unspecified atom stereocenters. The maximum absolute atomic E-state index is 3.83. The molecule has 0 aliphatic rings. The maximum Gasteiger partial charge on any atom is 0.0924 e. The fourth-order valence-corrected chi connectivity index (χ4v) is 0.537. The van der Waals surface area contributed by atoms with Crippen molar-refractivity contribution >= 4 is 6.08 Å². The summed E-state index contributed by atoms with van der Waals surface area (Å²) in [6.07, 6.45) is 7.37. The molecular weight excluding hydrogens is 148 g/mol. The molecule has 0 atom stereocenters. The fourth-order valence-electron chi connectivity index (χ4n) is 0.537. The zero-order valence-electron chi connectivity index (χ0n) is 8.76. The first-order chi connectivity index (χ1) is 5.93. The third-order valence-corrected chi connectivity index (χ3v) is 0.866. The fraction of sp³-hybridized carbons (Fsp3) is 0.500. The van der Waals surface area contributed by atoms with Crippen molar-refractivity contribution in [1.29, 1.82) is 0 Å². The summed E-state index contributed by atoms with van der Waals surface area (Å²) in [6, 6.07) is 0. The second-order valence-electron chi connectivity index (χ2n) is 1.51. The van der Waals surface area contributed by atoms with Gasteiger partial charge in [-0.25, -0.2) is 4.98 Å². The zero-order valence-corrected chi connectivity index (χ0v) is 8.76. The number of aromatic nitrogens is 2. The van der Waals surface area contributed by atoms with Gasteiger partial charge in [-0.2, -0.15) is 0 Å². The molecule has 0 spiro atoms. The minimum atomic E-state index is 1.05. The van der Waals surface area contributed by atoms with Gasteiger partial charge >= 0.3 is 0 Å². The van der Waals surface area contributed by atoms with E-state index in [9.17, 15) is 0 Å². The second kappa shape index (κ2) is 12.6. The Morgan fingerprint density at radius 2 is 1.83 bits per heavy atom. The molecule has 1 rings (SSSR count). The summed E-state index contributed by atoms with van der Waals surface area (Å²) in [5, 5.41) is 0. The third kappa shape index (κ3) is 7.06. The van der Waals surface area contributed by atoms with E-state index < -0.39 is 0 Å². The molecule has 1 N–H and O–H groups in total.